The third-order valence-electron chi connectivity index (χ3n) is 3.65. The van der Waals surface area contributed by atoms with Crippen molar-refractivity contribution in [1.82, 2.24) is 0 Å². The normalized spacial score (nSPS) is 12.3. The third kappa shape index (κ3) is 7.25. The van der Waals surface area contributed by atoms with Crippen LogP contribution in [0.1, 0.15) is 38.3 Å². The maximum atomic E-state index is 12.5. The van der Waals surface area contributed by atoms with Gasteiger partial charge in [0.1, 0.15) is 12.2 Å². The zero-order chi connectivity index (χ0) is 19.9. The van der Waals surface area contributed by atoms with Crippen molar-refractivity contribution in [3.63, 3.8) is 0 Å². The van der Waals surface area contributed by atoms with Gasteiger partial charge in [0.05, 0.1) is 0 Å². The molecule has 2 rings (SSSR count). The van der Waals surface area contributed by atoms with E-state index in [1.165, 1.54) is 0 Å². The van der Waals surface area contributed by atoms with Gasteiger partial charge >= 0.3 is 5.97 Å². The Labute approximate surface area is 170 Å². The van der Waals surface area contributed by atoms with Gasteiger partial charge in [0, 0.05) is 11.8 Å². The van der Waals surface area contributed by atoms with E-state index in [-0.39, 0.29) is 5.97 Å². The fourth-order valence-electron chi connectivity index (χ4n) is 2.41. The minimum absolute atomic E-state index is 0.377. The van der Waals surface area contributed by atoms with Crippen molar-refractivity contribution in [3.05, 3.63) is 59.7 Å². The quantitative estimate of drug-likeness (QED) is 0.409. The van der Waals surface area contributed by atoms with Crippen molar-refractivity contribution in [2.45, 2.75) is 52.4 Å². The zero-order valence-electron chi connectivity index (χ0n) is 16.3. The standard InChI is InChI=1S/C22H27BrO4/c1-16-10-11-18(25-15-17-8-6-5-7-9-17)20(14-16)26-19(12-13-23)21(24)27-22(2,3)4/h5-11,14,19H,12-13,15H2,1-4H3. The SMILES string of the molecule is Cc1ccc(OCc2ccccc2)c(OC(CCBr)C(=O)OC(C)(C)C)c1. The van der Waals surface area contributed by atoms with Gasteiger partial charge in [0.2, 0.25) is 0 Å². The summed E-state index contributed by atoms with van der Waals surface area (Å²) in [6.45, 7) is 7.93. The molecule has 1 atom stereocenters. The number of hydrogen-bond donors (Lipinski definition) is 0. The van der Waals surface area contributed by atoms with Gasteiger partial charge in [0.15, 0.2) is 17.6 Å². The second-order valence-corrected chi connectivity index (χ2v) is 8.14. The van der Waals surface area contributed by atoms with Crippen LogP contribution in [0.2, 0.25) is 0 Å². The van der Waals surface area contributed by atoms with E-state index in [1.807, 2.05) is 76.2 Å². The molecule has 0 amide bonds. The van der Waals surface area contributed by atoms with Crippen LogP contribution in [0.5, 0.6) is 11.5 Å². The average Bonchev–Trinajstić information content (AvgIpc) is 2.60. The molecule has 4 nitrogen and oxygen atoms in total. The smallest absolute Gasteiger partial charge is 0.347 e. The van der Waals surface area contributed by atoms with E-state index in [4.69, 9.17) is 14.2 Å². The number of hydrogen-bond acceptors (Lipinski definition) is 4. The summed E-state index contributed by atoms with van der Waals surface area (Å²) in [7, 11) is 0. The van der Waals surface area contributed by atoms with Crippen molar-refractivity contribution in [1.29, 1.82) is 0 Å². The summed E-state index contributed by atoms with van der Waals surface area (Å²) in [6.07, 6.45) is -0.203. The van der Waals surface area contributed by atoms with E-state index < -0.39 is 11.7 Å². The Morgan fingerprint density at radius 2 is 1.78 bits per heavy atom. The Balaban J connectivity index is 2.16. The topological polar surface area (TPSA) is 44.8 Å². The Hall–Kier alpha value is -2.01. The van der Waals surface area contributed by atoms with Crippen LogP contribution in [0.15, 0.2) is 48.5 Å². The molecule has 0 radical (unpaired) electrons. The monoisotopic (exact) mass is 434 g/mol. The predicted octanol–water partition coefficient (Wildman–Crippen LogP) is 5.45. The molecule has 0 saturated heterocycles. The van der Waals surface area contributed by atoms with Crippen LogP contribution in [0.3, 0.4) is 0 Å². The number of halogens is 1. The third-order valence-corrected chi connectivity index (χ3v) is 4.10. The van der Waals surface area contributed by atoms with Crippen molar-refractivity contribution in [3.8, 4) is 11.5 Å². The Bertz CT molecular complexity index is 738. The van der Waals surface area contributed by atoms with E-state index in [2.05, 4.69) is 15.9 Å². The summed E-state index contributed by atoms with van der Waals surface area (Å²) in [5.74, 6) is 0.771. The molecule has 27 heavy (non-hydrogen) atoms. The van der Waals surface area contributed by atoms with Gasteiger partial charge in [-0.3, -0.25) is 0 Å². The molecule has 0 saturated carbocycles. The molecular weight excluding hydrogens is 408 g/mol. The van der Waals surface area contributed by atoms with Crippen LogP contribution in [0.25, 0.3) is 0 Å². The van der Waals surface area contributed by atoms with Gasteiger partial charge in [0.25, 0.3) is 0 Å². The lowest BCUT2D eigenvalue weighted by molar-refractivity contribution is -0.163. The van der Waals surface area contributed by atoms with E-state index in [1.54, 1.807) is 0 Å². The van der Waals surface area contributed by atoms with E-state index in [0.29, 0.717) is 29.9 Å². The number of carbonyl (C=O) groups excluding carboxylic acids is 1. The Morgan fingerprint density at radius 3 is 2.41 bits per heavy atom. The van der Waals surface area contributed by atoms with Crippen molar-refractivity contribution >= 4 is 21.9 Å². The van der Waals surface area contributed by atoms with E-state index in [0.717, 1.165) is 11.1 Å². The largest absolute Gasteiger partial charge is 0.485 e. The first-order chi connectivity index (χ1) is 12.8. The summed E-state index contributed by atoms with van der Waals surface area (Å²) >= 11 is 3.39. The highest BCUT2D eigenvalue weighted by Gasteiger charge is 2.27. The first-order valence-corrected chi connectivity index (χ1v) is 10.1. The summed E-state index contributed by atoms with van der Waals surface area (Å²) in [4.78, 5) is 12.5. The number of benzene rings is 2. The van der Waals surface area contributed by atoms with Crippen LogP contribution >= 0.6 is 15.9 Å². The lowest BCUT2D eigenvalue weighted by Crippen LogP contribution is -2.35. The van der Waals surface area contributed by atoms with Crippen LogP contribution in [0.4, 0.5) is 0 Å². The van der Waals surface area contributed by atoms with Crippen LogP contribution < -0.4 is 9.47 Å². The van der Waals surface area contributed by atoms with Crippen LogP contribution in [-0.4, -0.2) is 23.0 Å². The van der Waals surface area contributed by atoms with Gasteiger partial charge in [-0.05, 0) is 51.0 Å². The number of esters is 1. The molecule has 146 valence electrons. The predicted molar refractivity (Wildman–Crippen MR) is 111 cm³/mol. The first kappa shape index (κ1) is 21.3. The summed E-state index contributed by atoms with van der Waals surface area (Å²) in [5.41, 5.74) is 1.52. The van der Waals surface area contributed by atoms with Gasteiger partial charge in [-0.2, -0.15) is 0 Å². The fraction of sp³-hybridized carbons (Fsp3) is 0.409. The van der Waals surface area contributed by atoms with E-state index in [9.17, 15) is 4.79 Å². The van der Waals surface area contributed by atoms with Crippen molar-refractivity contribution < 1.29 is 19.0 Å². The van der Waals surface area contributed by atoms with Crippen LogP contribution in [-0.2, 0) is 16.1 Å². The first-order valence-electron chi connectivity index (χ1n) is 9.01. The Morgan fingerprint density at radius 1 is 1.07 bits per heavy atom. The molecule has 0 aliphatic heterocycles. The lowest BCUT2D eigenvalue weighted by atomic mass is 10.2. The molecule has 0 aromatic heterocycles. The minimum atomic E-state index is -0.704. The van der Waals surface area contributed by atoms with E-state index >= 15 is 0 Å². The number of ether oxygens (including phenoxy) is 3. The molecule has 0 spiro atoms. The minimum Gasteiger partial charge on any atom is -0.485 e. The zero-order valence-corrected chi connectivity index (χ0v) is 17.9. The molecule has 2 aromatic rings. The second kappa shape index (κ2) is 9.79. The van der Waals surface area contributed by atoms with Gasteiger partial charge in [-0.25, -0.2) is 4.79 Å². The fourth-order valence-corrected chi connectivity index (χ4v) is 2.82. The molecule has 0 bridgehead atoms. The number of carbonyl (C=O) groups is 1. The molecule has 0 fully saturated rings. The molecule has 5 heteroatoms. The maximum Gasteiger partial charge on any atom is 0.347 e. The molecule has 1 unspecified atom stereocenters. The molecule has 2 aromatic carbocycles. The molecule has 0 aliphatic carbocycles. The second-order valence-electron chi connectivity index (χ2n) is 7.34. The average molecular weight is 435 g/mol. The van der Waals surface area contributed by atoms with Crippen molar-refractivity contribution in [2.75, 3.05) is 5.33 Å². The Kier molecular flexibility index (Phi) is 7.72. The number of rotatable bonds is 8. The van der Waals surface area contributed by atoms with Gasteiger partial charge in [-0.1, -0.05) is 52.3 Å². The number of aryl methyl sites for hydroxylation is 1. The summed E-state index contributed by atoms with van der Waals surface area (Å²) in [5, 5.41) is 0.628. The van der Waals surface area contributed by atoms with Gasteiger partial charge < -0.3 is 14.2 Å². The number of alkyl halides is 1. The maximum absolute atomic E-state index is 12.5. The summed E-state index contributed by atoms with van der Waals surface area (Å²) < 4.78 is 17.5. The van der Waals surface area contributed by atoms with Gasteiger partial charge in [-0.15, -0.1) is 0 Å². The molecule has 0 aliphatic rings. The van der Waals surface area contributed by atoms with Crippen molar-refractivity contribution in [2.24, 2.45) is 0 Å². The highest BCUT2D eigenvalue weighted by molar-refractivity contribution is 9.09. The molecular formula is C22H27BrO4. The lowest BCUT2D eigenvalue weighted by Gasteiger charge is -2.25. The van der Waals surface area contributed by atoms with Crippen LogP contribution in [0, 0.1) is 6.92 Å². The highest BCUT2D eigenvalue weighted by atomic mass is 79.9. The highest BCUT2D eigenvalue weighted by Crippen LogP contribution is 2.31. The molecule has 0 heterocycles. The summed E-state index contributed by atoms with van der Waals surface area (Å²) in [6, 6.07) is 15.6. The molecule has 0 N–H and O–H groups in total.